The first-order valence-electron chi connectivity index (χ1n) is 10.1. The van der Waals surface area contributed by atoms with Crippen molar-refractivity contribution in [3.63, 3.8) is 0 Å². The van der Waals surface area contributed by atoms with Crippen LogP contribution in [0.25, 0.3) is 5.76 Å². The maximum atomic E-state index is 13.1. The van der Waals surface area contributed by atoms with Crippen molar-refractivity contribution >= 4 is 46.5 Å². The molecular weight excluding hydrogens is 507 g/mol. The monoisotopic (exact) mass is 523 g/mol. The largest absolute Gasteiger partial charge is 0.459 e. The number of thioether (sulfide) groups is 1. The van der Waals surface area contributed by atoms with Crippen LogP contribution in [0.2, 0.25) is 5.02 Å². The second kappa shape index (κ2) is 10.0. The Hall–Kier alpha value is -3.51. The maximum absolute atomic E-state index is 13.1. The molecular formula is C22H17ClF3N5O3S. The molecule has 3 N–H and O–H groups in total. The molecule has 8 nitrogen and oxygen atoms in total. The summed E-state index contributed by atoms with van der Waals surface area (Å²) in [5.41, 5.74) is -0.673. The summed E-state index contributed by atoms with van der Waals surface area (Å²) >= 11 is 6.95. The molecule has 0 bridgehead atoms. The number of H-pyrrole nitrogens is 1. The van der Waals surface area contributed by atoms with E-state index in [0.717, 1.165) is 18.3 Å². The van der Waals surface area contributed by atoms with Crippen LogP contribution in [-0.2, 0) is 6.18 Å². The minimum absolute atomic E-state index is 0.0646. The Morgan fingerprint density at radius 2 is 2.00 bits per heavy atom. The highest BCUT2D eigenvalue weighted by Gasteiger charge is 2.33. The van der Waals surface area contributed by atoms with Crippen LogP contribution in [0.1, 0.15) is 12.0 Å². The van der Waals surface area contributed by atoms with E-state index in [1.807, 2.05) is 0 Å². The van der Waals surface area contributed by atoms with Gasteiger partial charge in [-0.25, -0.2) is 9.78 Å². The molecule has 4 rings (SSSR count). The average Bonchev–Trinajstić information content (AvgIpc) is 2.81. The summed E-state index contributed by atoms with van der Waals surface area (Å²) in [6.45, 7) is 0.456. The number of hydrogen-bond donors (Lipinski definition) is 3. The lowest BCUT2D eigenvalue weighted by molar-refractivity contribution is -0.137. The summed E-state index contributed by atoms with van der Waals surface area (Å²) in [4.78, 5) is 35.7. The SMILES string of the molecule is CSc1cc(OC2=c3[nH]c(=O)cnc3=NCC2)ccc1NC(=O)Nc1ccc(Cl)c(C(F)(F)F)c1. The van der Waals surface area contributed by atoms with Gasteiger partial charge < -0.3 is 20.4 Å². The van der Waals surface area contributed by atoms with Crippen molar-refractivity contribution in [3.8, 4) is 5.75 Å². The molecule has 3 aromatic rings. The number of ether oxygens (including phenoxy) is 1. The van der Waals surface area contributed by atoms with E-state index in [0.29, 0.717) is 45.9 Å². The van der Waals surface area contributed by atoms with Crippen LogP contribution in [0.4, 0.5) is 29.3 Å². The molecule has 182 valence electrons. The zero-order valence-corrected chi connectivity index (χ0v) is 19.6. The van der Waals surface area contributed by atoms with E-state index >= 15 is 0 Å². The van der Waals surface area contributed by atoms with E-state index < -0.39 is 22.8 Å². The molecule has 2 amide bonds. The van der Waals surface area contributed by atoms with Crippen molar-refractivity contribution in [1.29, 1.82) is 0 Å². The van der Waals surface area contributed by atoms with Gasteiger partial charge in [0.1, 0.15) is 16.9 Å². The second-order valence-electron chi connectivity index (χ2n) is 7.24. The molecule has 2 aromatic carbocycles. The summed E-state index contributed by atoms with van der Waals surface area (Å²) in [5, 5.41) is 4.94. The van der Waals surface area contributed by atoms with Crippen LogP contribution >= 0.6 is 23.4 Å². The van der Waals surface area contributed by atoms with Crippen molar-refractivity contribution in [2.24, 2.45) is 4.99 Å². The number of halogens is 4. The fraction of sp³-hybridized carbons (Fsp3) is 0.182. The third-order valence-corrected chi connectivity index (χ3v) is 5.95. The lowest BCUT2D eigenvalue weighted by Gasteiger charge is -2.15. The predicted molar refractivity (Wildman–Crippen MR) is 126 cm³/mol. The van der Waals surface area contributed by atoms with Crippen LogP contribution in [0.3, 0.4) is 0 Å². The number of aromatic amines is 1. The van der Waals surface area contributed by atoms with Gasteiger partial charge in [0, 0.05) is 23.5 Å². The van der Waals surface area contributed by atoms with Gasteiger partial charge in [-0.2, -0.15) is 13.2 Å². The summed E-state index contributed by atoms with van der Waals surface area (Å²) in [5.74, 6) is 0.967. The van der Waals surface area contributed by atoms with Gasteiger partial charge in [0.2, 0.25) is 0 Å². The minimum atomic E-state index is -4.65. The Balaban J connectivity index is 1.53. The molecule has 35 heavy (non-hydrogen) atoms. The molecule has 2 heterocycles. The number of benzene rings is 2. The van der Waals surface area contributed by atoms with Crippen LogP contribution in [0.15, 0.2) is 57.3 Å². The number of hydrogen-bond acceptors (Lipinski definition) is 6. The van der Waals surface area contributed by atoms with Gasteiger partial charge in [-0.3, -0.25) is 9.79 Å². The number of fused-ring (bicyclic) bond motifs is 1. The quantitative estimate of drug-likeness (QED) is 0.438. The van der Waals surface area contributed by atoms with Gasteiger partial charge in [0.15, 0.2) is 5.49 Å². The fourth-order valence-corrected chi connectivity index (χ4v) is 4.08. The number of carbonyl (C=O) groups is 1. The second-order valence-corrected chi connectivity index (χ2v) is 8.49. The van der Waals surface area contributed by atoms with Gasteiger partial charge in [-0.1, -0.05) is 11.6 Å². The highest BCUT2D eigenvalue weighted by molar-refractivity contribution is 7.98. The Labute approximate surface area is 205 Å². The van der Waals surface area contributed by atoms with E-state index in [4.69, 9.17) is 16.3 Å². The average molecular weight is 524 g/mol. The van der Waals surface area contributed by atoms with Crippen molar-refractivity contribution < 1.29 is 22.7 Å². The van der Waals surface area contributed by atoms with Gasteiger partial charge in [0.05, 0.1) is 22.5 Å². The molecule has 0 saturated carbocycles. The first-order chi connectivity index (χ1) is 16.6. The fourth-order valence-electron chi connectivity index (χ4n) is 3.29. The molecule has 1 aliphatic rings. The highest BCUT2D eigenvalue weighted by Crippen LogP contribution is 2.36. The summed E-state index contributed by atoms with van der Waals surface area (Å²) < 4.78 is 45.2. The number of nitrogens with one attached hydrogen (secondary N) is 3. The van der Waals surface area contributed by atoms with Crippen LogP contribution in [0.5, 0.6) is 5.75 Å². The Bertz CT molecular complexity index is 1480. The molecule has 1 aliphatic heterocycles. The zero-order valence-electron chi connectivity index (χ0n) is 18.0. The number of rotatable bonds is 5. The van der Waals surface area contributed by atoms with E-state index in [1.54, 1.807) is 24.5 Å². The van der Waals surface area contributed by atoms with E-state index in [1.165, 1.54) is 17.8 Å². The number of carbonyl (C=O) groups excluding carboxylic acids is 1. The number of aromatic nitrogens is 2. The van der Waals surface area contributed by atoms with Gasteiger partial charge in [-0.15, -0.1) is 11.8 Å². The third kappa shape index (κ3) is 5.77. The minimum Gasteiger partial charge on any atom is -0.459 e. The number of nitrogens with zero attached hydrogens (tertiary/aromatic N) is 2. The molecule has 0 atom stereocenters. The number of alkyl halides is 3. The molecule has 13 heteroatoms. The van der Waals surface area contributed by atoms with E-state index in [9.17, 15) is 22.8 Å². The Morgan fingerprint density at radius 3 is 2.74 bits per heavy atom. The van der Waals surface area contributed by atoms with Crippen LogP contribution in [0, 0.1) is 0 Å². The topological polar surface area (TPSA) is 108 Å². The Morgan fingerprint density at radius 1 is 1.20 bits per heavy atom. The van der Waals surface area contributed by atoms with Gasteiger partial charge >= 0.3 is 12.2 Å². The van der Waals surface area contributed by atoms with Gasteiger partial charge in [0.25, 0.3) is 5.56 Å². The molecule has 1 aromatic heterocycles. The molecule has 0 spiro atoms. The first kappa shape index (κ1) is 24.6. The van der Waals surface area contributed by atoms with Crippen LogP contribution in [-0.4, -0.2) is 28.8 Å². The van der Waals surface area contributed by atoms with Crippen molar-refractivity contribution in [2.45, 2.75) is 17.5 Å². The van der Waals surface area contributed by atoms with E-state index in [2.05, 4.69) is 25.6 Å². The molecule has 0 aliphatic carbocycles. The smallest absolute Gasteiger partial charge is 0.417 e. The molecule has 0 fully saturated rings. The highest BCUT2D eigenvalue weighted by atomic mass is 35.5. The zero-order chi connectivity index (χ0) is 25.2. The van der Waals surface area contributed by atoms with Crippen molar-refractivity contribution in [1.82, 2.24) is 9.97 Å². The van der Waals surface area contributed by atoms with Gasteiger partial charge in [-0.05, 0) is 42.7 Å². The van der Waals surface area contributed by atoms with E-state index in [-0.39, 0.29) is 11.2 Å². The first-order valence-corrected chi connectivity index (χ1v) is 11.7. The van der Waals surface area contributed by atoms with Crippen molar-refractivity contribution in [3.05, 3.63) is 74.4 Å². The summed E-state index contributed by atoms with van der Waals surface area (Å²) in [6, 6.07) is 7.28. The third-order valence-electron chi connectivity index (χ3n) is 4.85. The number of amides is 2. The summed E-state index contributed by atoms with van der Waals surface area (Å²) in [7, 11) is 0. The molecule has 0 saturated heterocycles. The number of anilines is 2. The number of urea groups is 1. The van der Waals surface area contributed by atoms with Crippen LogP contribution < -0.4 is 31.8 Å². The van der Waals surface area contributed by atoms with Crippen molar-refractivity contribution in [2.75, 3.05) is 23.4 Å². The summed E-state index contributed by atoms with van der Waals surface area (Å²) in [6.07, 6.45) is -1.25. The molecule has 0 unspecified atom stereocenters. The standard InChI is InChI=1S/C22H17ClF3N5O3S/c1-35-17-9-12(34-16-6-7-27-20-19(16)31-18(32)10-28-20)3-5-15(17)30-21(33)29-11-2-4-14(23)13(8-11)22(24,25)26/h2-5,8-10H,6-7H2,1H3,(H,31,32)(H2,29,30,33). The Kier molecular flexibility index (Phi) is 7.03. The lowest BCUT2D eigenvalue weighted by atomic mass is 10.2. The maximum Gasteiger partial charge on any atom is 0.417 e. The normalized spacial score (nSPS) is 13.0. The molecule has 0 radical (unpaired) electrons. The lowest BCUT2D eigenvalue weighted by Crippen LogP contribution is -2.42. The predicted octanol–water partition coefficient (Wildman–Crippen LogP) is 4.02.